The molecule has 0 fully saturated rings. The molecule has 104 valence electrons. The van der Waals surface area contributed by atoms with Gasteiger partial charge in [0.15, 0.2) is 0 Å². The highest BCUT2D eigenvalue weighted by molar-refractivity contribution is 5.91. The van der Waals surface area contributed by atoms with Crippen molar-refractivity contribution in [2.75, 3.05) is 6.54 Å². The average Bonchev–Trinajstić information content (AvgIpc) is 2.77. The second-order valence-corrected chi connectivity index (χ2v) is 5.53. The van der Waals surface area contributed by atoms with Gasteiger partial charge in [0.25, 0.3) is 0 Å². The summed E-state index contributed by atoms with van der Waals surface area (Å²) in [6.07, 6.45) is 0. The van der Waals surface area contributed by atoms with E-state index >= 15 is 0 Å². The minimum atomic E-state index is 0.873. The van der Waals surface area contributed by atoms with Crippen LogP contribution in [-0.2, 0) is 6.54 Å². The Morgan fingerprint density at radius 2 is 1.95 bits per heavy atom. The lowest BCUT2D eigenvalue weighted by atomic mass is 10.1. The molecular weight excluding hydrogens is 258 g/mol. The van der Waals surface area contributed by atoms with Gasteiger partial charge in [-0.25, -0.2) is 4.98 Å². The fraction of sp³-hybridized carbons (Fsp3) is 0.167. The summed E-state index contributed by atoms with van der Waals surface area (Å²) in [6.45, 7) is 8.02. The molecule has 2 heterocycles. The molecule has 1 N–H and O–H groups in total. The number of aryl methyl sites for hydroxylation is 1. The number of aromatic nitrogens is 2. The Bertz CT molecular complexity index is 841. The molecule has 3 nitrogen and oxygen atoms in total. The van der Waals surface area contributed by atoms with Gasteiger partial charge < -0.3 is 9.88 Å². The zero-order valence-electron chi connectivity index (χ0n) is 12.1. The van der Waals surface area contributed by atoms with Crippen LogP contribution in [0.25, 0.3) is 28.1 Å². The van der Waals surface area contributed by atoms with Crippen molar-refractivity contribution in [3.8, 4) is 11.4 Å². The molecule has 3 aromatic rings. The largest absolute Gasteiger partial charge is 0.383 e. The summed E-state index contributed by atoms with van der Waals surface area (Å²) in [5.41, 5.74) is 6.78. The van der Waals surface area contributed by atoms with Crippen molar-refractivity contribution in [2.24, 2.45) is 0 Å². The van der Waals surface area contributed by atoms with Gasteiger partial charge in [0.1, 0.15) is 5.82 Å². The second kappa shape index (κ2) is 4.48. The molecule has 0 radical (unpaired) electrons. The summed E-state index contributed by atoms with van der Waals surface area (Å²) in [5.74, 6) is 1.04. The fourth-order valence-electron chi connectivity index (χ4n) is 2.98. The van der Waals surface area contributed by atoms with E-state index in [2.05, 4.69) is 59.8 Å². The van der Waals surface area contributed by atoms with Crippen LogP contribution in [-0.4, -0.2) is 16.1 Å². The minimum Gasteiger partial charge on any atom is -0.383 e. The van der Waals surface area contributed by atoms with Gasteiger partial charge >= 0.3 is 0 Å². The van der Waals surface area contributed by atoms with Crippen LogP contribution in [0, 0.1) is 6.92 Å². The Hall–Kier alpha value is -2.55. The van der Waals surface area contributed by atoms with E-state index in [9.17, 15) is 0 Å². The number of hydrogen-bond acceptors (Lipinski definition) is 2. The quantitative estimate of drug-likeness (QED) is 0.735. The Labute approximate surface area is 123 Å². The smallest absolute Gasteiger partial charge is 0.141 e. The molecule has 1 aromatic heterocycles. The standard InChI is InChI=1S/C18H17N3/c1-12-6-8-14(9-7-12)18-20-16-5-3-4-15-13(2)19-10-11-21(18)17(15)16/h3-9,19H,2,10-11H2,1H3. The van der Waals surface area contributed by atoms with Crippen molar-refractivity contribution in [1.82, 2.24) is 14.9 Å². The highest BCUT2D eigenvalue weighted by Crippen LogP contribution is 2.30. The molecule has 3 heteroatoms. The molecule has 0 unspecified atom stereocenters. The Morgan fingerprint density at radius 3 is 2.76 bits per heavy atom. The van der Waals surface area contributed by atoms with E-state index in [1.807, 2.05) is 6.07 Å². The van der Waals surface area contributed by atoms with Crippen LogP contribution >= 0.6 is 0 Å². The zero-order chi connectivity index (χ0) is 14.4. The normalized spacial score (nSPS) is 14.0. The number of nitrogens with zero attached hydrogens (tertiary/aromatic N) is 2. The Kier molecular flexibility index (Phi) is 2.61. The monoisotopic (exact) mass is 275 g/mol. The van der Waals surface area contributed by atoms with Crippen LogP contribution in [0.2, 0.25) is 0 Å². The summed E-state index contributed by atoms with van der Waals surface area (Å²) in [6, 6.07) is 14.8. The number of imidazole rings is 1. The molecular formula is C18H17N3. The second-order valence-electron chi connectivity index (χ2n) is 5.53. The Morgan fingerprint density at radius 1 is 1.14 bits per heavy atom. The predicted molar refractivity (Wildman–Crippen MR) is 86.9 cm³/mol. The summed E-state index contributed by atoms with van der Waals surface area (Å²) in [4.78, 5) is 4.85. The highest BCUT2D eigenvalue weighted by Gasteiger charge is 2.18. The van der Waals surface area contributed by atoms with Crippen molar-refractivity contribution in [3.63, 3.8) is 0 Å². The number of para-hydroxylation sites is 1. The molecule has 0 amide bonds. The third-order valence-electron chi connectivity index (χ3n) is 4.08. The first-order valence-electron chi connectivity index (χ1n) is 7.23. The van der Waals surface area contributed by atoms with E-state index in [0.29, 0.717) is 0 Å². The third kappa shape index (κ3) is 1.85. The molecule has 1 aliphatic rings. The number of nitrogens with one attached hydrogen (secondary N) is 1. The van der Waals surface area contributed by atoms with Crippen molar-refractivity contribution >= 4 is 16.7 Å². The van der Waals surface area contributed by atoms with Crippen LogP contribution in [0.5, 0.6) is 0 Å². The van der Waals surface area contributed by atoms with Gasteiger partial charge in [0.05, 0.1) is 11.0 Å². The molecule has 2 aromatic carbocycles. The predicted octanol–water partition coefficient (Wildman–Crippen LogP) is 3.59. The first-order valence-corrected chi connectivity index (χ1v) is 7.23. The summed E-state index contributed by atoms with van der Waals surface area (Å²) in [5, 5.41) is 3.38. The van der Waals surface area contributed by atoms with Crippen LogP contribution < -0.4 is 5.32 Å². The van der Waals surface area contributed by atoms with Gasteiger partial charge in [0.2, 0.25) is 0 Å². The Balaban J connectivity index is 2.02. The fourth-order valence-corrected chi connectivity index (χ4v) is 2.98. The maximum absolute atomic E-state index is 4.85. The molecule has 21 heavy (non-hydrogen) atoms. The van der Waals surface area contributed by atoms with E-state index in [-0.39, 0.29) is 0 Å². The summed E-state index contributed by atoms with van der Waals surface area (Å²) in [7, 11) is 0. The first-order chi connectivity index (χ1) is 10.2. The van der Waals surface area contributed by atoms with E-state index in [0.717, 1.165) is 41.3 Å². The lowest BCUT2D eigenvalue weighted by Gasteiger charge is -2.07. The number of rotatable bonds is 1. The minimum absolute atomic E-state index is 0.873. The van der Waals surface area contributed by atoms with Crippen LogP contribution in [0.4, 0.5) is 0 Å². The summed E-state index contributed by atoms with van der Waals surface area (Å²) < 4.78 is 2.31. The van der Waals surface area contributed by atoms with Gasteiger partial charge in [-0.2, -0.15) is 0 Å². The SMILES string of the molecule is C=C1NCCn2c(-c3ccc(C)cc3)nc3cccc1c32. The summed E-state index contributed by atoms with van der Waals surface area (Å²) >= 11 is 0. The molecule has 0 saturated heterocycles. The van der Waals surface area contributed by atoms with Crippen LogP contribution in [0.15, 0.2) is 49.0 Å². The zero-order valence-corrected chi connectivity index (χ0v) is 12.1. The van der Waals surface area contributed by atoms with Crippen molar-refractivity contribution in [1.29, 1.82) is 0 Å². The maximum Gasteiger partial charge on any atom is 0.141 e. The van der Waals surface area contributed by atoms with Crippen molar-refractivity contribution in [2.45, 2.75) is 13.5 Å². The lowest BCUT2D eigenvalue weighted by Crippen LogP contribution is -2.14. The average molecular weight is 275 g/mol. The van der Waals surface area contributed by atoms with Gasteiger partial charge in [-0.05, 0) is 13.0 Å². The van der Waals surface area contributed by atoms with E-state index in [1.165, 1.54) is 11.1 Å². The topological polar surface area (TPSA) is 29.9 Å². The van der Waals surface area contributed by atoms with Crippen molar-refractivity contribution in [3.05, 3.63) is 60.2 Å². The molecule has 0 aliphatic carbocycles. The lowest BCUT2D eigenvalue weighted by molar-refractivity contribution is 0.700. The molecule has 0 atom stereocenters. The number of benzene rings is 2. The van der Waals surface area contributed by atoms with Crippen LogP contribution in [0.1, 0.15) is 11.1 Å². The van der Waals surface area contributed by atoms with E-state index < -0.39 is 0 Å². The molecule has 1 aliphatic heterocycles. The van der Waals surface area contributed by atoms with Gasteiger partial charge in [-0.3, -0.25) is 0 Å². The van der Waals surface area contributed by atoms with Crippen LogP contribution in [0.3, 0.4) is 0 Å². The van der Waals surface area contributed by atoms with E-state index in [1.54, 1.807) is 0 Å². The van der Waals surface area contributed by atoms with Gasteiger partial charge in [-0.15, -0.1) is 0 Å². The third-order valence-corrected chi connectivity index (χ3v) is 4.08. The highest BCUT2D eigenvalue weighted by atomic mass is 15.1. The molecule has 0 spiro atoms. The van der Waals surface area contributed by atoms with E-state index in [4.69, 9.17) is 4.98 Å². The van der Waals surface area contributed by atoms with Gasteiger partial charge in [-0.1, -0.05) is 48.5 Å². The first kappa shape index (κ1) is 12.2. The maximum atomic E-state index is 4.85. The molecule has 0 bridgehead atoms. The molecule has 0 saturated carbocycles. The number of hydrogen-bond donors (Lipinski definition) is 1. The van der Waals surface area contributed by atoms with Gasteiger partial charge in [0, 0.05) is 29.9 Å². The van der Waals surface area contributed by atoms with Crippen molar-refractivity contribution < 1.29 is 0 Å². The molecule has 4 rings (SSSR count).